The van der Waals surface area contributed by atoms with E-state index in [1.165, 1.54) is 7.11 Å². The quantitative estimate of drug-likeness (QED) is 0.233. The van der Waals surface area contributed by atoms with Gasteiger partial charge >= 0.3 is 0 Å². The predicted octanol–water partition coefficient (Wildman–Crippen LogP) is 3.33. The van der Waals surface area contributed by atoms with Crippen molar-refractivity contribution in [3.63, 3.8) is 0 Å². The summed E-state index contributed by atoms with van der Waals surface area (Å²) in [6.07, 6.45) is 2.29. The van der Waals surface area contributed by atoms with Crippen LogP contribution in [0.1, 0.15) is 59.9 Å². The van der Waals surface area contributed by atoms with Crippen LogP contribution in [0, 0.1) is 0 Å². The van der Waals surface area contributed by atoms with E-state index < -0.39 is 5.91 Å². The number of hydrogen-bond donors (Lipinski definition) is 5. The van der Waals surface area contributed by atoms with Crippen molar-refractivity contribution >= 4 is 11.6 Å². The number of carbonyl (C=O) groups excluding carboxylic acids is 1. The number of hydroxylamine groups is 1. The minimum atomic E-state index is -0.616. The number of aromatic amines is 1. The third-order valence-corrected chi connectivity index (χ3v) is 5.87. The number of H-pyrrole nitrogens is 1. The minimum Gasteiger partial charge on any atom is -0.496 e. The standard InChI is InChI=1S/C25H29N5O5/c1-4-6-18-21-22(29-28-18)25(32)27-23(26-21)17-12-14(7-10-19(17)35-5-2)11-15-8-9-16(24(31)30-33)13-20(15)34-3/h7-10,12-13,18,28-29,33H,4-6,11H2,1-3H3,(H,30,31)(H,26,27,32). The van der Waals surface area contributed by atoms with Gasteiger partial charge in [0, 0.05) is 12.0 Å². The van der Waals surface area contributed by atoms with Gasteiger partial charge in [0.25, 0.3) is 11.5 Å². The van der Waals surface area contributed by atoms with Crippen molar-refractivity contribution in [3.8, 4) is 22.9 Å². The van der Waals surface area contributed by atoms with Crippen molar-refractivity contribution in [2.45, 2.75) is 39.2 Å². The van der Waals surface area contributed by atoms with E-state index in [1.807, 2.05) is 25.1 Å². The maximum atomic E-state index is 12.8. The topological polar surface area (TPSA) is 138 Å². The van der Waals surface area contributed by atoms with Gasteiger partial charge in [-0.1, -0.05) is 25.5 Å². The lowest BCUT2D eigenvalue weighted by Gasteiger charge is -2.15. The van der Waals surface area contributed by atoms with E-state index in [9.17, 15) is 9.59 Å². The van der Waals surface area contributed by atoms with E-state index in [0.29, 0.717) is 47.3 Å². The Bertz CT molecular complexity index is 1290. The average Bonchev–Trinajstić information content (AvgIpc) is 3.28. The van der Waals surface area contributed by atoms with Gasteiger partial charge in [0.05, 0.1) is 31.0 Å². The fraction of sp³-hybridized carbons (Fsp3) is 0.320. The Balaban J connectivity index is 1.73. The molecule has 5 N–H and O–H groups in total. The molecule has 0 radical (unpaired) electrons. The molecule has 0 aliphatic carbocycles. The zero-order valence-electron chi connectivity index (χ0n) is 19.9. The molecule has 0 saturated heterocycles. The van der Waals surface area contributed by atoms with Crippen LogP contribution >= 0.6 is 0 Å². The summed E-state index contributed by atoms with van der Waals surface area (Å²) in [7, 11) is 1.52. The van der Waals surface area contributed by atoms with Crippen LogP contribution in [0.3, 0.4) is 0 Å². The molecule has 0 bridgehead atoms. The van der Waals surface area contributed by atoms with Crippen molar-refractivity contribution in [1.82, 2.24) is 20.9 Å². The van der Waals surface area contributed by atoms with Gasteiger partial charge in [-0.25, -0.2) is 15.9 Å². The number of nitrogens with zero attached hydrogens (tertiary/aromatic N) is 1. The third kappa shape index (κ3) is 4.98. The maximum absolute atomic E-state index is 12.8. The first kappa shape index (κ1) is 24.2. The molecule has 1 aliphatic rings. The third-order valence-electron chi connectivity index (χ3n) is 5.87. The van der Waals surface area contributed by atoms with Gasteiger partial charge in [-0.05, 0) is 48.7 Å². The second kappa shape index (κ2) is 10.6. The number of hydrogen-bond acceptors (Lipinski definition) is 8. The molecule has 1 unspecified atom stereocenters. The zero-order valence-corrected chi connectivity index (χ0v) is 19.9. The molecule has 1 amide bonds. The van der Waals surface area contributed by atoms with Crippen LogP contribution < -0.4 is 31.4 Å². The largest absolute Gasteiger partial charge is 0.496 e. The number of carbonyl (C=O) groups is 1. The Morgan fingerprint density at radius 2 is 2.00 bits per heavy atom. The average molecular weight is 480 g/mol. The number of amides is 1. The molecule has 1 atom stereocenters. The fourth-order valence-corrected chi connectivity index (χ4v) is 4.19. The van der Waals surface area contributed by atoms with Gasteiger partial charge in [-0.3, -0.25) is 14.8 Å². The highest BCUT2D eigenvalue weighted by atomic mass is 16.5. The summed E-state index contributed by atoms with van der Waals surface area (Å²) in [5.41, 5.74) is 11.3. The van der Waals surface area contributed by atoms with Crippen LogP contribution in [0.25, 0.3) is 11.4 Å². The van der Waals surface area contributed by atoms with E-state index in [-0.39, 0.29) is 17.2 Å². The van der Waals surface area contributed by atoms with Crippen LogP contribution in [-0.4, -0.2) is 34.8 Å². The highest BCUT2D eigenvalue weighted by molar-refractivity contribution is 5.93. The number of benzene rings is 2. The van der Waals surface area contributed by atoms with E-state index >= 15 is 0 Å². The Kier molecular flexibility index (Phi) is 7.33. The van der Waals surface area contributed by atoms with Gasteiger partial charge in [-0.2, -0.15) is 0 Å². The molecule has 1 aliphatic heterocycles. The summed E-state index contributed by atoms with van der Waals surface area (Å²) in [6, 6.07) is 10.7. The van der Waals surface area contributed by atoms with Gasteiger partial charge in [0.15, 0.2) is 0 Å². The SMILES string of the molecule is CCCC1NNc2c1nc(-c1cc(Cc3ccc(C(=O)NO)cc3OC)ccc1OCC)[nH]c2=O. The summed E-state index contributed by atoms with van der Waals surface area (Å²) < 4.78 is 11.3. The maximum Gasteiger partial charge on any atom is 0.276 e. The normalized spacial score (nSPS) is 14.2. The number of nitrogens with one attached hydrogen (secondary N) is 4. The minimum absolute atomic E-state index is 0.0475. The highest BCUT2D eigenvalue weighted by Gasteiger charge is 2.27. The molecule has 4 rings (SSSR count). The zero-order chi connectivity index (χ0) is 24.9. The first-order valence-electron chi connectivity index (χ1n) is 11.5. The molecule has 0 spiro atoms. The lowest BCUT2D eigenvalue weighted by Crippen LogP contribution is -2.20. The summed E-state index contributed by atoms with van der Waals surface area (Å²) >= 11 is 0. The molecule has 35 heavy (non-hydrogen) atoms. The number of rotatable bonds is 9. The molecule has 184 valence electrons. The molecule has 3 aromatic rings. The Morgan fingerprint density at radius 1 is 1.17 bits per heavy atom. The fourth-order valence-electron chi connectivity index (χ4n) is 4.19. The van der Waals surface area contributed by atoms with Gasteiger partial charge in [0.2, 0.25) is 0 Å². The lowest BCUT2D eigenvalue weighted by atomic mass is 9.99. The van der Waals surface area contributed by atoms with E-state index in [1.54, 1.807) is 23.7 Å². The second-order valence-corrected chi connectivity index (χ2v) is 8.19. The van der Waals surface area contributed by atoms with Gasteiger partial charge < -0.3 is 19.9 Å². The first-order chi connectivity index (χ1) is 17.0. The second-order valence-electron chi connectivity index (χ2n) is 8.19. The molecule has 2 heterocycles. The van der Waals surface area contributed by atoms with Gasteiger partial charge in [0.1, 0.15) is 23.0 Å². The molecule has 2 aromatic carbocycles. The van der Waals surface area contributed by atoms with Crippen LogP contribution in [0.2, 0.25) is 0 Å². The highest BCUT2D eigenvalue weighted by Crippen LogP contribution is 2.33. The predicted molar refractivity (Wildman–Crippen MR) is 131 cm³/mol. The van der Waals surface area contributed by atoms with Crippen LogP contribution in [0.5, 0.6) is 11.5 Å². The lowest BCUT2D eigenvalue weighted by molar-refractivity contribution is 0.0706. The summed E-state index contributed by atoms with van der Waals surface area (Å²) in [6.45, 7) is 4.45. The number of anilines is 1. The van der Waals surface area contributed by atoms with E-state index in [0.717, 1.165) is 24.0 Å². The first-order valence-corrected chi connectivity index (χ1v) is 11.5. The number of hydrazine groups is 1. The Morgan fingerprint density at radius 3 is 2.71 bits per heavy atom. The monoisotopic (exact) mass is 479 g/mol. The smallest absolute Gasteiger partial charge is 0.276 e. The van der Waals surface area contributed by atoms with Crippen molar-refractivity contribution in [2.75, 3.05) is 19.1 Å². The van der Waals surface area contributed by atoms with Gasteiger partial charge in [-0.15, -0.1) is 0 Å². The van der Waals surface area contributed by atoms with Crippen molar-refractivity contribution in [2.24, 2.45) is 0 Å². The molecule has 10 heteroatoms. The number of ether oxygens (including phenoxy) is 2. The van der Waals surface area contributed by atoms with E-state index in [4.69, 9.17) is 19.7 Å². The molecule has 10 nitrogen and oxygen atoms in total. The summed E-state index contributed by atoms with van der Waals surface area (Å²) in [5, 5.41) is 8.90. The Labute approximate surface area is 202 Å². The van der Waals surface area contributed by atoms with Crippen LogP contribution in [-0.2, 0) is 6.42 Å². The molecular formula is C25H29N5O5. The Hall–Kier alpha value is -3.89. The number of fused-ring (bicyclic) bond motifs is 1. The molecule has 1 aromatic heterocycles. The number of aromatic nitrogens is 2. The summed E-state index contributed by atoms with van der Waals surface area (Å²) in [4.78, 5) is 32.2. The molecule has 0 saturated carbocycles. The van der Waals surface area contributed by atoms with Crippen molar-refractivity contribution in [1.29, 1.82) is 0 Å². The molecular weight excluding hydrogens is 450 g/mol. The van der Waals surface area contributed by atoms with Crippen molar-refractivity contribution < 1.29 is 19.5 Å². The van der Waals surface area contributed by atoms with Crippen LogP contribution in [0.15, 0.2) is 41.2 Å². The number of methoxy groups -OCH3 is 1. The molecule has 0 fully saturated rings. The van der Waals surface area contributed by atoms with E-state index in [2.05, 4.69) is 22.8 Å². The summed E-state index contributed by atoms with van der Waals surface area (Å²) in [5.74, 6) is 0.958. The van der Waals surface area contributed by atoms with Crippen molar-refractivity contribution in [3.05, 3.63) is 69.1 Å². The van der Waals surface area contributed by atoms with Crippen LogP contribution in [0.4, 0.5) is 5.69 Å².